The first-order valence-electron chi connectivity index (χ1n) is 9.82. The number of hydrogen-bond acceptors (Lipinski definition) is 8. The molecule has 4 rings (SSSR count). The smallest absolute Gasteiger partial charge is 0.355 e. The molecular formula is C23H19N3O5S2. The molecule has 0 aliphatic carbocycles. The molecule has 0 saturated heterocycles. The van der Waals surface area contributed by atoms with E-state index in [2.05, 4.69) is 15.3 Å². The van der Waals surface area contributed by atoms with Gasteiger partial charge in [0.05, 0.1) is 10.7 Å². The van der Waals surface area contributed by atoms with Crippen LogP contribution in [-0.4, -0.2) is 27.0 Å². The Bertz CT molecular complexity index is 1270. The van der Waals surface area contributed by atoms with Gasteiger partial charge in [0.2, 0.25) is 0 Å². The van der Waals surface area contributed by atoms with Crippen molar-refractivity contribution in [1.29, 1.82) is 0 Å². The number of aromatic nitrogens is 2. The SMILES string of the molecule is Cc1nc(COc2cc(OCc3ccccc3)cc(C(=O)Nc3nc(C(=O)O)cs3)c2)cs1. The zero-order chi connectivity index (χ0) is 23.2. The van der Waals surface area contributed by atoms with Gasteiger partial charge in [0.15, 0.2) is 10.8 Å². The van der Waals surface area contributed by atoms with Crippen molar-refractivity contribution in [2.75, 3.05) is 5.32 Å². The highest BCUT2D eigenvalue weighted by molar-refractivity contribution is 7.14. The number of anilines is 1. The number of benzene rings is 2. The van der Waals surface area contributed by atoms with Crippen LogP contribution in [0.2, 0.25) is 0 Å². The van der Waals surface area contributed by atoms with Crippen LogP contribution < -0.4 is 14.8 Å². The number of nitrogens with one attached hydrogen (secondary N) is 1. The summed E-state index contributed by atoms with van der Waals surface area (Å²) in [5, 5.41) is 16.1. The predicted molar refractivity (Wildman–Crippen MR) is 125 cm³/mol. The summed E-state index contributed by atoms with van der Waals surface area (Å²) >= 11 is 2.57. The van der Waals surface area contributed by atoms with Crippen molar-refractivity contribution in [2.24, 2.45) is 0 Å². The van der Waals surface area contributed by atoms with Crippen molar-refractivity contribution in [3.05, 3.63) is 86.8 Å². The fourth-order valence-electron chi connectivity index (χ4n) is 2.84. The second-order valence-electron chi connectivity index (χ2n) is 6.91. The van der Waals surface area contributed by atoms with Crippen molar-refractivity contribution in [1.82, 2.24) is 9.97 Å². The van der Waals surface area contributed by atoms with Gasteiger partial charge in [-0.2, -0.15) is 0 Å². The van der Waals surface area contributed by atoms with Crippen molar-refractivity contribution < 1.29 is 24.2 Å². The van der Waals surface area contributed by atoms with Crippen LogP contribution in [0.3, 0.4) is 0 Å². The minimum absolute atomic E-state index is 0.127. The highest BCUT2D eigenvalue weighted by Crippen LogP contribution is 2.26. The Hall–Kier alpha value is -3.76. The number of nitrogens with zero attached hydrogens (tertiary/aromatic N) is 2. The number of thiazole rings is 2. The molecule has 0 aliphatic rings. The van der Waals surface area contributed by atoms with Gasteiger partial charge in [-0.25, -0.2) is 14.8 Å². The van der Waals surface area contributed by atoms with Crippen molar-refractivity contribution in [3.63, 3.8) is 0 Å². The maximum Gasteiger partial charge on any atom is 0.355 e. The molecule has 0 bridgehead atoms. The van der Waals surface area contributed by atoms with E-state index in [4.69, 9.17) is 14.6 Å². The molecule has 2 aromatic heterocycles. The van der Waals surface area contributed by atoms with Crippen molar-refractivity contribution in [2.45, 2.75) is 20.1 Å². The molecule has 4 aromatic rings. The lowest BCUT2D eigenvalue weighted by atomic mass is 10.2. The largest absolute Gasteiger partial charge is 0.489 e. The lowest BCUT2D eigenvalue weighted by Crippen LogP contribution is -2.13. The Morgan fingerprint density at radius 3 is 2.33 bits per heavy atom. The number of carbonyl (C=O) groups is 2. The molecule has 0 radical (unpaired) electrons. The van der Waals surface area contributed by atoms with Gasteiger partial charge in [0.1, 0.15) is 24.7 Å². The lowest BCUT2D eigenvalue weighted by Gasteiger charge is -2.12. The van der Waals surface area contributed by atoms with Gasteiger partial charge >= 0.3 is 5.97 Å². The van der Waals surface area contributed by atoms with E-state index < -0.39 is 11.9 Å². The standard InChI is InChI=1S/C23H19N3O5S2/c1-14-24-17(12-32-14)11-31-19-8-16(21(27)26-23-25-20(13-33-23)22(28)29)7-18(9-19)30-10-15-5-3-2-4-6-15/h2-9,12-13H,10-11H2,1H3,(H,28,29)(H,25,26,27). The van der Waals surface area contributed by atoms with Crippen molar-refractivity contribution in [3.8, 4) is 11.5 Å². The van der Waals surface area contributed by atoms with E-state index in [0.29, 0.717) is 18.1 Å². The summed E-state index contributed by atoms with van der Waals surface area (Å²) in [4.78, 5) is 32.1. The third kappa shape index (κ3) is 6.15. The maximum atomic E-state index is 12.8. The summed E-state index contributed by atoms with van der Waals surface area (Å²) in [7, 11) is 0. The van der Waals surface area contributed by atoms with E-state index in [9.17, 15) is 9.59 Å². The maximum absolute atomic E-state index is 12.8. The zero-order valence-corrected chi connectivity index (χ0v) is 19.1. The van der Waals surface area contributed by atoms with Crippen LogP contribution in [-0.2, 0) is 13.2 Å². The number of amides is 1. The molecule has 0 aliphatic heterocycles. The van der Waals surface area contributed by atoms with Gasteiger partial charge in [-0.3, -0.25) is 10.1 Å². The van der Waals surface area contributed by atoms with Crippen LogP contribution in [0.5, 0.6) is 11.5 Å². The normalized spacial score (nSPS) is 10.6. The third-order valence-electron chi connectivity index (χ3n) is 4.39. The van der Waals surface area contributed by atoms with Gasteiger partial charge in [-0.05, 0) is 24.6 Å². The summed E-state index contributed by atoms with van der Waals surface area (Å²) in [6.45, 7) is 2.50. The topological polar surface area (TPSA) is 111 Å². The van der Waals surface area contributed by atoms with E-state index in [1.807, 2.05) is 42.6 Å². The Morgan fingerprint density at radius 2 is 1.70 bits per heavy atom. The van der Waals surface area contributed by atoms with Crippen LogP contribution in [0.25, 0.3) is 0 Å². The van der Waals surface area contributed by atoms with Gasteiger partial charge in [0, 0.05) is 22.4 Å². The molecule has 0 atom stereocenters. The molecular weight excluding hydrogens is 462 g/mol. The number of carbonyl (C=O) groups excluding carboxylic acids is 1. The van der Waals surface area contributed by atoms with Gasteiger partial charge in [-0.15, -0.1) is 22.7 Å². The summed E-state index contributed by atoms with van der Waals surface area (Å²) in [5.41, 5.74) is 1.94. The van der Waals surface area contributed by atoms with Crippen LogP contribution in [0, 0.1) is 6.92 Å². The minimum Gasteiger partial charge on any atom is -0.489 e. The van der Waals surface area contributed by atoms with Crippen LogP contribution >= 0.6 is 22.7 Å². The molecule has 0 unspecified atom stereocenters. The third-order valence-corrected chi connectivity index (χ3v) is 5.97. The average molecular weight is 482 g/mol. The molecule has 2 heterocycles. The molecule has 1 amide bonds. The Morgan fingerprint density at radius 1 is 0.970 bits per heavy atom. The number of ether oxygens (including phenoxy) is 2. The number of aromatic carboxylic acids is 1. The number of carboxylic acid groups (broad SMARTS) is 1. The summed E-state index contributed by atoms with van der Waals surface area (Å²) in [6, 6.07) is 14.6. The van der Waals surface area contributed by atoms with Crippen molar-refractivity contribution >= 4 is 39.7 Å². The lowest BCUT2D eigenvalue weighted by molar-refractivity contribution is 0.0691. The molecule has 33 heavy (non-hydrogen) atoms. The molecule has 8 nitrogen and oxygen atoms in total. The van der Waals surface area contributed by atoms with Gasteiger partial charge in [0.25, 0.3) is 5.91 Å². The van der Waals surface area contributed by atoms with Crippen LogP contribution in [0.15, 0.2) is 59.3 Å². The second kappa shape index (κ2) is 10.2. The fourth-order valence-corrected chi connectivity index (χ4v) is 4.12. The first-order valence-corrected chi connectivity index (χ1v) is 11.6. The predicted octanol–water partition coefficient (Wildman–Crippen LogP) is 5.02. The quantitative estimate of drug-likeness (QED) is 0.345. The van der Waals surface area contributed by atoms with Crippen LogP contribution in [0.1, 0.15) is 37.1 Å². The monoisotopic (exact) mass is 481 g/mol. The molecule has 0 spiro atoms. The molecule has 10 heteroatoms. The van der Waals surface area contributed by atoms with Gasteiger partial charge in [-0.1, -0.05) is 30.3 Å². The van der Waals surface area contributed by atoms with E-state index in [-0.39, 0.29) is 23.0 Å². The van der Waals surface area contributed by atoms with E-state index in [0.717, 1.165) is 27.6 Å². The molecule has 2 aromatic carbocycles. The molecule has 2 N–H and O–H groups in total. The summed E-state index contributed by atoms with van der Waals surface area (Å²) in [6.07, 6.45) is 0. The highest BCUT2D eigenvalue weighted by Gasteiger charge is 2.15. The molecule has 0 saturated carbocycles. The van der Waals surface area contributed by atoms with E-state index in [1.54, 1.807) is 18.2 Å². The average Bonchev–Trinajstić information content (AvgIpc) is 3.46. The van der Waals surface area contributed by atoms with E-state index in [1.165, 1.54) is 16.7 Å². The molecule has 168 valence electrons. The Balaban J connectivity index is 1.53. The summed E-state index contributed by atoms with van der Waals surface area (Å²) in [5.74, 6) is -0.708. The van der Waals surface area contributed by atoms with Crippen LogP contribution in [0.4, 0.5) is 5.13 Å². The van der Waals surface area contributed by atoms with Gasteiger partial charge < -0.3 is 14.6 Å². The zero-order valence-electron chi connectivity index (χ0n) is 17.5. The fraction of sp³-hybridized carbons (Fsp3) is 0.130. The highest BCUT2D eigenvalue weighted by atomic mass is 32.1. The first-order chi connectivity index (χ1) is 16.0. The first kappa shape index (κ1) is 22.4. The number of aryl methyl sites for hydroxylation is 1. The summed E-state index contributed by atoms with van der Waals surface area (Å²) < 4.78 is 11.8. The Kier molecular flexibility index (Phi) is 6.96. The number of carboxylic acids is 1. The minimum atomic E-state index is -1.16. The number of hydrogen-bond donors (Lipinski definition) is 2. The number of rotatable bonds is 9. The second-order valence-corrected chi connectivity index (χ2v) is 8.83. The van der Waals surface area contributed by atoms with E-state index >= 15 is 0 Å². The Labute approximate surface area is 197 Å². The molecule has 0 fully saturated rings.